The van der Waals surface area contributed by atoms with Crippen molar-refractivity contribution < 1.29 is 20.1 Å². The normalized spacial score (nSPS) is 27.3. The first kappa shape index (κ1) is 15.6. The van der Waals surface area contributed by atoms with E-state index in [9.17, 15) is 15.3 Å². The second-order valence-corrected chi connectivity index (χ2v) is 5.31. The second-order valence-electron chi connectivity index (χ2n) is 5.31. The van der Waals surface area contributed by atoms with Crippen LogP contribution in [0.25, 0.3) is 11.2 Å². The lowest BCUT2D eigenvalue weighted by Gasteiger charge is -2.17. The second kappa shape index (κ2) is 6.10. The van der Waals surface area contributed by atoms with E-state index in [-0.39, 0.29) is 0 Å². The van der Waals surface area contributed by atoms with Crippen LogP contribution >= 0.6 is 0 Å². The quantitative estimate of drug-likeness (QED) is 0.584. The number of aromatic nitrogens is 4. The fourth-order valence-electron chi connectivity index (χ4n) is 2.63. The fraction of sp³-hybridized carbons (Fsp3) is 0.500. The summed E-state index contributed by atoms with van der Waals surface area (Å²) in [6.07, 6.45) is 3.98. The van der Waals surface area contributed by atoms with Gasteiger partial charge in [-0.25, -0.2) is 15.0 Å². The van der Waals surface area contributed by atoms with Gasteiger partial charge in [0.05, 0.1) is 19.5 Å². The topological polar surface area (TPSA) is 117 Å². The highest BCUT2D eigenvalue weighted by Crippen LogP contribution is 2.32. The molecule has 122 valence electrons. The molecule has 0 saturated carbocycles. The largest absolute Gasteiger partial charge is 0.394 e. The van der Waals surface area contributed by atoms with E-state index in [1.807, 2.05) is 0 Å². The standard InChI is InChI=1S/C14H17N5O4/c1-3-4-18(2)12-9-13(16-6-15-12)19(7-17-9)14-11(22)10(21)8(5-20)23-14/h1,6-8,10-11,14,20-22H,4-5H2,2H3/t8-,10-,11-,14-/m1/s1. The third kappa shape index (κ3) is 2.51. The zero-order valence-electron chi connectivity index (χ0n) is 12.4. The zero-order valence-corrected chi connectivity index (χ0v) is 12.4. The third-order valence-electron chi connectivity index (χ3n) is 3.82. The number of terminal acetylenes is 1. The molecule has 0 spiro atoms. The Morgan fingerprint density at radius 1 is 1.35 bits per heavy atom. The minimum Gasteiger partial charge on any atom is -0.394 e. The summed E-state index contributed by atoms with van der Waals surface area (Å²) in [6, 6.07) is 0. The highest BCUT2D eigenvalue weighted by molar-refractivity contribution is 5.83. The zero-order chi connectivity index (χ0) is 16.6. The molecule has 2 aromatic rings. The summed E-state index contributed by atoms with van der Waals surface area (Å²) in [5, 5.41) is 29.2. The van der Waals surface area contributed by atoms with Gasteiger partial charge in [-0.2, -0.15) is 0 Å². The molecule has 0 aliphatic carbocycles. The van der Waals surface area contributed by atoms with Crippen LogP contribution in [0, 0.1) is 12.3 Å². The number of imidazole rings is 1. The number of ether oxygens (including phenoxy) is 1. The van der Waals surface area contributed by atoms with Crippen LogP contribution in [0.1, 0.15) is 6.23 Å². The molecule has 1 aliphatic heterocycles. The minimum absolute atomic E-state index is 0.354. The number of hydrogen-bond acceptors (Lipinski definition) is 8. The van der Waals surface area contributed by atoms with Gasteiger partial charge in [0.25, 0.3) is 0 Å². The summed E-state index contributed by atoms with van der Waals surface area (Å²) in [7, 11) is 1.78. The maximum absolute atomic E-state index is 10.1. The van der Waals surface area contributed by atoms with Gasteiger partial charge in [-0.3, -0.25) is 4.57 Å². The van der Waals surface area contributed by atoms with Gasteiger partial charge in [0.1, 0.15) is 24.6 Å². The molecule has 23 heavy (non-hydrogen) atoms. The van der Waals surface area contributed by atoms with E-state index in [0.29, 0.717) is 23.5 Å². The number of aliphatic hydroxyl groups excluding tert-OH is 3. The molecular weight excluding hydrogens is 302 g/mol. The van der Waals surface area contributed by atoms with E-state index < -0.39 is 31.1 Å². The highest BCUT2D eigenvalue weighted by atomic mass is 16.6. The van der Waals surface area contributed by atoms with Gasteiger partial charge < -0.3 is 25.0 Å². The Labute approximate surface area is 132 Å². The Morgan fingerprint density at radius 2 is 2.13 bits per heavy atom. The van der Waals surface area contributed by atoms with Gasteiger partial charge >= 0.3 is 0 Å². The molecule has 0 aromatic carbocycles. The first-order valence-corrected chi connectivity index (χ1v) is 7.03. The number of nitrogens with zero attached hydrogens (tertiary/aromatic N) is 5. The van der Waals surface area contributed by atoms with E-state index >= 15 is 0 Å². The molecule has 1 fully saturated rings. The first-order chi connectivity index (χ1) is 11.1. The monoisotopic (exact) mass is 319 g/mol. The fourth-order valence-corrected chi connectivity index (χ4v) is 2.63. The molecule has 0 radical (unpaired) electrons. The molecule has 3 N–H and O–H groups in total. The molecule has 0 bridgehead atoms. The van der Waals surface area contributed by atoms with Gasteiger partial charge in [-0.1, -0.05) is 5.92 Å². The lowest BCUT2D eigenvalue weighted by molar-refractivity contribution is -0.0511. The van der Waals surface area contributed by atoms with Crippen LogP contribution in [0.5, 0.6) is 0 Å². The SMILES string of the molecule is C#CCN(C)c1ncnc2c1ncn2[C@@H]1O[C@H](CO)[C@@H](O)[C@H]1O. The van der Waals surface area contributed by atoms with Crippen molar-refractivity contribution in [3.8, 4) is 12.3 Å². The third-order valence-corrected chi connectivity index (χ3v) is 3.82. The molecule has 9 heteroatoms. The number of fused-ring (bicyclic) bond motifs is 1. The maximum atomic E-state index is 10.1. The van der Waals surface area contributed by atoms with Crippen LogP contribution < -0.4 is 4.90 Å². The van der Waals surface area contributed by atoms with Crippen molar-refractivity contribution in [3.05, 3.63) is 12.7 Å². The van der Waals surface area contributed by atoms with Crippen LogP contribution in [0.3, 0.4) is 0 Å². The van der Waals surface area contributed by atoms with E-state index in [1.165, 1.54) is 17.2 Å². The van der Waals surface area contributed by atoms with Gasteiger partial charge in [0, 0.05) is 7.05 Å². The van der Waals surface area contributed by atoms with Crippen LogP contribution in [0.4, 0.5) is 5.82 Å². The smallest absolute Gasteiger partial charge is 0.167 e. The molecule has 0 unspecified atom stereocenters. The van der Waals surface area contributed by atoms with Gasteiger partial charge in [-0.05, 0) is 0 Å². The first-order valence-electron chi connectivity index (χ1n) is 7.03. The lowest BCUT2D eigenvalue weighted by Crippen LogP contribution is -2.33. The Kier molecular flexibility index (Phi) is 4.14. The average Bonchev–Trinajstić information content (AvgIpc) is 3.09. The van der Waals surface area contributed by atoms with Crippen molar-refractivity contribution in [2.24, 2.45) is 0 Å². The van der Waals surface area contributed by atoms with Crippen LogP contribution in [0.15, 0.2) is 12.7 Å². The Bertz CT molecular complexity index is 742. The summed E-state index contributed by atoms with van der Waals surface area (Å²) in [6.45, 7) is -0.0423. The molecular formula is C14H17N5O4. The van der Waals surface area contributed by atoms with Crippen molar-refractivity contribution in [2.75, 3.05) is 25.1 Å². The lowest BCUT2D eigenvalue weighted by atomic mass is 10.1. The van der Waals surface area contributed by atoms with E-state index in [0.717, 1.165) is 0 Å². The predicted octanol–water partition coefficient (Wildman–Crippen LogP) is -1.49. The van der Waals surface area contributed by atoms with Crippen molar-refractivity contribution in [3.63, 3.8) is 0 Å². The summed E-state index contributed by atoms with van der Waals surface area (Å²) < 4.78 is 7.01. The molecule has 4 atom stereocenters. The van der Waals surface area contributed by atoms with E-state index in [2.05, 4.69) is 20.9 Å². The van der Waals surface area contributed by atoms with Crippen LogP contribution in [-0.4, -0.2) is 73.3 Å². The van der Waals surface area contributed by atoms with Crippen molar-refractivity contribution >= 4 is 17.0 Å². The van der Waals surface area contributed by atoms with Gasteiger partial charge in [-0.15, -0.1) is 6.42 Å². The van der Waals surface area contributed by atoms with Crippen LogP contribution in [-0.2, 0) is 4.74 Å². The van der Waals surface area contributed by atoms with E-state index in [4.69, 9.17) is 11.2 Å². The number of rotatable bonds is 4. The molecule has 0 amide bonds. The molecule has 1 aliphatic rings. The van der Waals surface area contributed by atoms with E-state index in [1.54, 1.807) is 11.9 Å². The highest BCUT2D eigenvalue weighted by Gasteiger charge is 2.44. The average molecular weight is 319 g/mol. The number of aliphatic hydroxyl groups is 3. The predicted molar refractivity (Wildman–Crippen MR) is 80.4 cm³/mol. The molecule has 3 rings (SSSR count). The Balaban J connectivity index is 2.01. The Morgan fingerprint density at radius 3 is 2.78 bits per heavy atom. The molecule has 3 heterocycles. The summed E-state index contributed by atoms with van der Waals surface area (Å²) in [4.78, 5) is 14.4. The molecule has 2 aromatic heterocycles. The van der Waals surface area contributed by atoms with Crippen LogP contribution in [0.2, 0.25) is 0 Å². The van der Waals surface area contributed by atoms with Crippen molar-refractivity contribution in [1.29, 1.82) is 0 Å². The van der Waals surface area contributed by atoms with Crippen molar-refractivity contribution in [2.45, 2.75) is 24.5 Å². The Hall–Kier alpha value is -2.25. The van der Waals surface area contributed by atoms with Gasteiger partial charge in [0.2, 0.25) is 0 Å². The summed E-state index contributed by atoms with van der Waals surface area (Å²) in [5.41, 5.74) is 0.941. The number of hydrogen-bond donors (Lipinski definition) is 3. The molecule has 1 saturated heterocycles. The minimum atomic E-state index is -1.20. The summed E-state index contributed by atoms with van der Waals surface area (Å²) >= 11 is 0. The maximum Gasteiger partial charge on any atom is 0.167 e. The van der Waals surface area contributed by atoms with Gasteiger partial charge in [0.15, 0.2) is 23.2 Å². The summed E-state index contributed by atoms with van der Waals surface area (Å²) in [5.74, 6) is 3.08. The van der Waals surface area contributed by atoms with Crippen molar-refractivity contribution in [1.82, 2.24) is 19.5 Å². The molecule has 9 nitrogen and oxygen atoms in total. The number of anilines is 1.